The molecule has 0 aliphatic rings. The molecule has 0 aliphatic heterocycles. The van der Waals surface area contributed by atoms with E-state index >= 15 is 0 Å². The second kappa shape index (κ2) is 61.2. The van der Waals surface area contributed by atoms with Crippen LogP contribution in [0.4, 0.5) is 0 Å². The van der Waals surface area contributed by atoms with Crippen molar-refractivity contribution in [1.29, 1.82) is 0 Å². The third-order valence-electron chi connectivity index (χ3n) is 6.51. The molecular formula is C46H80O5. The molecular weight excluding hydrogens is 633 g/mol. The summed E-state index contributed by atoms with van der Waals surface area (Å²) < 4.78 is 5.96. The quantitative estimate of drug-likeness (QED) is 0.0860. The number of ether oxygens (including phenoxy) is 1. The van der Waals surface area contributed by atoms with Crippen LogP contribution in [0.5, 0.6) is 23.0 Å². The minimum Gasteiger partial charge on any atom is -0.504 e. The number of benzene rings is 2. The molecule has 2 aromatic carbocycles. The van der Waals surface area contributed by atoms with Crippen molar-refractivity contribution in [2.24, 2.45) is 0 Å². The van der Waals surface area contributed by atoms with Crippen LogP contribution in [0.15, 0.2) is 129 Å². The van der Waals surface area contributed by atoms with Crippen molar-refractivity contribution in [3.05, 3.63) is 140 Å². The number of hydrogen-bond acceptors (Lipinski definition) is 5. The van der Waals surface area contributed by atoms with Gasteiger partial charge in [-0.2, -0.15) is 0 Å². The fourth-order valence-corrected chi connectivity index (χ4v) is 4.28. The van der Waals surface area contributed by atoms with Crippen LogP contribution in [0.1, 0.15) is 115 Å². The summed E-state index contributed by atoms with van der Waals surface area (Å²) in [5.74, 6) is 1.04. The molecule has 2 rings (SSSR count). The molecule has 0 aromatic heterocycles. The minimum atomic E-state index is -0.125. The van der Waals surface area contributed by atoms with E-state index in [2.05, 4.69) is 106 Å². The topological polar surface area (TPSA) is 90.2 Å². The number of rotatable bonds is 19. The van der Waals surface area contributed by atoms with E-state index in [1.54, 1.807) is 12.1 Å². The van der Waals surface area contributed by atoms with E-state index in [1.807, 2.05) is 24.3 Å². The highest BCUT2D eigenvalue weighted by atomic mass is 16.5. The van der Waals surface area contributed by atoms with E-state index in [0.717, 1.165) is 36.8 Å². The van der Waals surface area contributed by atoms with Crippen molar-refractivity contribution in [3.63, 3.8) is 0 Å². The van der Waals surface area contributed by atoms with E-state index in [1.165, 1.54) is 77.0 Å². The number of aliphatic hydroxyl groups is 2. The van der Waals surface area contributed by atoms with Crippen molar-refractivity contribution in [1.82, 2.24) is 0 Å². The molecule has 4 N–H and O–H groups in total. The fraction of sp³-hybridized carbons (Fsp3) is 0.435. The van der Waals surface area contributed by atoms with Crippen LogP contribution < -0.4 is 4.74 Å². The number of hydrogen-bond donors (Lipinski definition) is 4. The zero-order chi connectivity index (χ0) is 41.1. The highest BCUT2D eigenvalue weighted by molar-refractivity contribution is 5.49. The first-order valence-electron chi connectivity index (χ1n) is 18.1. The van der Waals surface area contributed by atoms with E-state index in [9.17, 15) is 10.2 Å². The standard InChI is InChI=1S/C30H46O3.C2H6O2.7C2H4/c1-3-5-7-9-11-13-15-17-25-19-21-27(31)29(23-25)33-30-24-26(20-22-28(30)32)18-16-14-12-10-8-6-4-2;3-1-2-4;7*1-2/h19-24,31-32H,3-18H2,1-2H3;3-4H,1-2H2;7*1-2H2. The molecule has 0 bridgehead atoms. The molecule has 5 heteroatoms. The van der Waals surface area contributed by atoms with Gasteiger partial charge in [0.2, 0.25) is 0 Å². The van der Waals surface area contributed by atoms with Gasteiger partial charge in [0.05, 0.1) is 13.2 Å². The van der Waals surface area contributed by atoms with Gasteiger partial charge in [-0.3, -0.25) is 0 Å². The summed E-state index contributed by atoms with van der Waals surface area (Å²) in [5.41, 5.74) is 2.32. The van der Waals surface area contributed by atoms with Gasteiger partial charge in [0.15, 0.2) is 23.0 Å². The Morgan fingerprint density at radius 3 is 0.922 bits per heavy atom. The number of aryl methyl sites for hydroxylation is 2. The summed E-state index contributed by atoms with van der Waals surface area (Å²) in [6.07, 6.45) is 19.9. The predicted octanol–water partition coefficient (Wildman–Crippen LogP) is 14.1. The molecule has 0 spiro atoms. The number of aliphatic hydroxyl groups excluding tert-OH is 2. The lowest BCUT2D eigenvalue weighted by atomic mass is 10.0. The van der Waals surface area contributed by atoms with Crippen LogP contribution in [-0.4, -0.2) is 33.6 Å². The maximum Gasteiger partial charge on any atom is 0.169 e. The molecule has 51 heavy (non-hydrogen) atoms. The Labute approximate surface area is 316 Å². The van der Waals surface area contributed by atoms with Crippen molar-refractivity contribution >= 4 is 0 Å². The van der Waals surface area contributed by atoms with Crippen molar-refractivity contribution in [2.45, 2.75) is 117 Å². The molecule has 2 aromatic rings. The molecule has 0 fully saturated rings. The fourth-order valence-electron chi connectivity index (χ4n) is 4.28. The van der Waals surface area contributed by atoms with Gasteiger partial charge in [-0.25, -0.2) is 0 Å². The average Bonchev–Trinajstić information content (AvgIpc) is 3.22. The lowest BCUT2D eigenvalue weighted by Crippen LogP contribution is -1.92. The highest BCUT2D eigenvalue weighted by Gasteiger charge is 2.10. The first-order valence-corrected chi connectivity index (χ1v) is 18.1. The second-order valence-corrected chi connectivity index (χ2v) is 9.90. The number of aromatic hydroxyl groups is 2. The van der Waals surface area contributed by atoms with Crippen LogP contribution in [0.25, 0.3) is 0 Å². The lowest BCUT2D eigenvalue weighted by Gasteiger charge is -2.12. The summed E-state index contributed by atoms with van der Waals surface area (Å²) in [5, 5.41) is 35.9. The molecule has 0 radical (unpaired) electrons. The number of phenols is 2. The van der Waals surface area contributed by atoms with Gasteiger partial charge < -0.3 is 25.2 Å². The van der Waals surface area contributed by atoms with Crippen molar-refractivity contribution in [2.75, 3.05) is 13.2 Å². The zero-order valence-electron chi connectivity index (χ0n) is 33.3. The Balaban J connectivity index is -0.000000184. The molecule has 5 nitrogen and oxygen atoms in total. The second-order valence-electron chi connectivity index (χ2n) is 9.90. The van der Waals surface area contributed by atoms with Gasteiger partial charge >= 0.3 is 0 Å². The first kappa shape index (κ1) is 62.1. The zero-order valence-corrected chi connectivity index (χ0v) is 33.3. The monoisotopic (exact) mass is 713 g/mol. The summed E-state index contributed by atoms with van der Waals surface area (Å²) in [6, 6.07) is 11.2. The third kappa shape index (κ3) is 43.9. The van der Waals surface area contributed by atoms with Crippen molar-refractivity contribution < 1.29 is 25.2 Å². The SMILES string of the molecule is C=C.C=C.C=C.C=C.C=C.C=C.C=C.CCCCCCCCCc1ccc(O)c(Oc2cc(CCCCCCCCC)ccc2O)c1.OCCO. The van der Waals surface area contributed by atoms with E-state index < -0.39 is 0 Å². The van der Waals surface area contributed by atoms with Crippen LogP contribution in [-0.2, 0) is 12.8 Å². The molecule has 0 heterocycles. The molecule has 0 saturated heterocycles. The van der Waals surface area contributed by atoms with Gasteiger partial charge in [-0.15, -0.1) is 92.1 Å². The summed E-state index contributed by atoms with van der Waals surface area (Å²) in [7, 11) is 0. The van der Waals surface area contributed by atoms with Gasteiger partial charge in [0.25, 0.3) is 0 Å². The summed E-state index contributed by atoms with van der Waals surface area (Å²) in [6.45, 7) is 46.2. The average molecular weight is 713 g/mol. The number of unbranched alkanes of at least 4 members (excludes halogenated alkanes) is 12. The van der Waals surface area contributed by atoms with Gasteiger partial charge in [-0.05, 0) is 61.1 Å². The lowest BCUT2D eigenvalue weighted by molar-refractivity contribution is 0.186. The van der Waals surface area contributed by atoms with Crippen LogP contribution in [0.3, 0.4) is 0 Å². The molecule has 0 atom stereocenters. The normalized spacial score (nSPS) is 8.31. The minimum absolute atomic E-state index is 0.107. The van der Waals surface area contributed by atoms with Crippen LogP contribution in [0, 0.1) is 0 Å². The Morgan fingerprint density at radius 2 is 0.667 bits per heavy atom. The number of phenolic OH excluding ortho intramolecular Hbond substituents is 2. The molecule has 0 amide bonds. The maximum atomic E-state index is 10.3. The van der Waals surface area contributed by atoms with Crippen molar-refractivity contribution in [3.8, 4) is 23.0 Å². The molecule has 0 aliphatic carbocycles. The largest absolute Gasteiger partial charge is 0.504 e. The maximum absolute atomic E-state index is 10.3. The molecule has 0 saturated carbocycles. The van der Waals surface area contributed by atoms with E-state index in [0.29, 0.717) is 11.5 Å². The Bertz CT molecular complexity index is 843. The van der Waals surface area contributed by atoms with Gasteiger partial charge in [0, 0.05) is 0 Å². The van der Waals surface area contributed by atoms with Crippen LogP contribution in [0.2, 0.25) is 0 Å². The third-order valence-corrected chi connectivity index (χ3v) is 6.51. The van der Waals surface area contributed by atoms with Crippen LogP contribution >= 0.6 is 0 Å². The smallest absolute Gasteiger partial charge is 0.169 e. The van der Waals surface area contributed by atoms with Gasteiger partial charge in [-0.1, -0.05) is 103 Å². The molecule has 0 unspecified atom stereocenters. The highest BCUT2D eigenvalue weighted by Crippen LogP contribution is 2.37. The Kier molecular flexibility index (Phi) is 74.5. The Morgan fingerprint density at radius 1 is 0.412 bits per heavy atom. The predicted molar refractivity (Wildman–Crippen MR) is 233 cm³/mol. The van der Waals surface area contributed by atoms with E-state index in [-0.39, 0.29) is 24.7 Å². The van der Waals surface area contributed by atoms with E-state index in [4.69, 9.17) is 14.9 Å². The Hall–Kier alpha value is -4.06. The summed E-state index contributed by atoms with van der Waals surface area (Å²) >= 11 is 0. The first-order chi connectivity index (χ1) is 25.0. The summed E-state index contributed by atoms with van der Waals surface area (Å²) in [4.78, 5) is 0. The molecule has 294 valence electrons. The van der Waals surface area contributed by atoms with Gasteiger partial charge in [0.1, 0.15) is 0 Å².